The molecule has 12 nitrogen and oxygen atoms in total. The average molecular weight is 500 g/mol. The molecule has 3 aromatic carbocycles. The van der Waals surface area contributed by atoms with E-state index in [4.69, 9.17) is 18.9 Å². The number of benzene rings is 3. The second kappa shape index (κ2) is 13.2. The van der Waals surface area contributed by atoms with E-state index in [1.54, 1.807) is 60.7 Å². The molecule has 0 saturated heterocycles. The first kappa shape index (κ1) is 26.6. The van der Waals surface area contributed by atoms with Gasteiger partial charge in [-0.25, -0.2) is 20.0 Å². The van der Waals surface area contributed by atoms with Crippen LogP contribution >= 0.6 is 0 Å². The number of esters is 2. The van der Waals surface area contributed by atoms with E-state index in [1.165, 1.54) is 0 Å². The van der Waals surface area contributed by atoms with Crippen molar-refractivity contribution < 1.29 is 49.4 Å². The van der Waals surface area contributed by atoms with Gasteiger partial charge in [-0.15, -0.1) is 0 Å². The lowest BCUT2D eigenvalue weighted by atomic mass is 10.2. The van der Waals surface area contributed by atoms with E-state index in [9.17, 15) is 30.4 Å². The lowest BCUT2D eigenvalue weighted by molar-refractivity contribution is -0.996. The Morgan fingerprint density at radius 1 is 0.639 bits per heavy atom. The molecule has 0 spiro atoms. The van der Waals surface area contributed by atoms with Crippen molar-refractivity contribution in [1.82, 2.24) is 0 Å². The maximum atomic E-state index is 12.0. The first-order valence-electron chi connectivity index (χ1n) is 10.7. The predicted octanol–water partition coefficient (Wildman–Crippen LogP) is 0.965. The first-order chi connectivity index (χ1) is 17.4. The van der Waals surface area contributed by atoms with E-state index in [0.29, 0.717) is 11.1 Å². The molecule has 0 saturated carbocycles. The molecule has 0 aliphatic heterocycles. The minimum absolute atomic E-state index is 0.181. The summed E-state index contributed by atoms with van der Waals surface area (Å²) in [6.45, 7) is -0.753. The predicted molar refractivity (Wildman–Crippen MR) is 122 cm³/mol. The maximum Gasteiger partial charge on any atom is 0.338 e. The zero-order chi connectivity index (χ0) is 25.9. The molecule has 0 heterocycles. The summed E-state index contributed by atoms with van der Waals surface area (Å²) in [6.07, 6.45) is 0. The van der Waals surface area contributed by atoms with Gasteiger partial charge in [0.15, 0.2) is 11.5 Å². The minimum Gasteiger partial charge on any atom is -0.595 e. The highest BCUT2D eigenvalue weighted by atomic mass is 16.8. The second-order valence-electron chi connectivity index (χ2n) is 7.16. The smallest absolute Gasteiger partial charge is 0.338 e. The molecule has 190 valence electrons. The third-order valence-corrected chi connectivity index (χ3v) is 4.71. The highest BCUT2D eigenvalue weighted by Gasteiger charge is 2.22. The number of nitrogens with one attached hydrogen (secondary N) is 2. The molecule has 0 aromatic heterocycles. The van der Waals surface area contributed by atoms with Crippen LogP contribution in [0, 0.1) is 10.4 Å². The summed E-state index contributed by atoms with van der Waals surface area (Å²) in [6, 6.07) is 18.6. The Kier molecular flexibility index (Phi) is 9.71. The van der Waals surface area contributed by atoms with Crippen LogP contribution in [0.1, 0.15) is 20.7 Å². The van der Waals surface area contributed by atoms with Crippen molar-refractivity contribution in [3.63, 3.8) is 0 Å². The maximum absolute atomic E-state index is 12.0. The third-order valence-electron chi connectivity index (χ3n) is 4.71. The van der Waals surface area contributed by atoms with Crippen LogP contribution in [0.3, 0.4) is 0 Å². The van der Waals surface area contributed by atoms with Crippen molar-refractivity contribution in [3.8, 4) is 11.5 Å². The molecule has 0 amide bonds. The summed E-state index contributed by atoms with van der Waals surface area (Å²) < 4.78 is 21.1. The van der Waals surface area contributed by atoms with Crippen molar-refractivity contribution in [2.45, 2.75) is 0 Å². The normalized spacial score (nSPS) is 12.3. The molecule has 36 heavy (non-hydrogen) atoms. The van der Waals surface area contributed by atoms with Gasteiger partial charge in [0.25, 0.3) is 0 Å². The summed E-state index contributed by atoms with van der Waals surface area (Å²) in [5.41, 5.74) is -0.134. The van der Waals surface area contributed by atoms with Crippen LogP contribution in [0.15, 0.2) is 72.8 Å². The number of carbonyl (C=O) groups excluding carboxylic acids is 2. The second-order valence-corrected chi connectivity index (χ2v) is 7.16. The van der Waals surface area contributed by atoms with E-state index in [1.807, 2.05) is 0 Å². The molecule has 0 bridgehead atoms. The van der Waals surface area contributed by atoms with Crippen molar-refractivity contribution in [1.29, 1.82) is 0 Å². The number of quaternary nitrogens is 2. The van der Waals surface area contributed by atoms with Gasteiger partial charge in [-0.3, -0.25) is 0 Å². The molecule has 0 radical (unpaired) electrons. The molecule has 0 aliphatic rings. The molecular weight excluding hydrogens is 476 g/mol. The summed E-state index contributed by atoms with van der Waals surface area (Å²) in [7, 11) is 0. The van der Waals surface area contributed by atoms with Gasteiger partial charge in [0.1, 0.15) is 26.4 Å². The lowest BCUT2D eigenvalue weighted by Gasteiger charge is -2.21. The van der Waals surface area contributed by atoms with Gasteiger partial charge in [-0.1, -0.05) is 36.4 Å². The van der Waals surface area contributed by atoms with Crippen molar-refractivity contribution in [3.05, 3.63) is 94.3 Å². The summed E-state index contributed by atoms with van der Waals surface area (Å²) in [5.74, 6) is -1.51. The quantitative estimate of drug-likeness (QED) is 0.160. The molecular formula is C24H24N2O10. The Morgan fingerprint density at radius 3 is 1.39 bits per heavy atom. The van der Waals surface area contributed by atoms with Gasteiger partial charge in [-0.2, -0.15) is 10.5 Å². The average Bonchev–Trinajstić information content (AvgIpc) is 2.89. The van der Waals surface area contributed by atoms with E-state index in [-0.39, 0.29) is 37.9 Å². The molecule has 4 N–H and O–H groups in total. The van der Waals surface area contributed by atoms with Crippen molar-refractivity contribution in [2.75, 3.05) is 26.4 Å². The van der Waals surface area contributed by atoms with Gasteiger partial charge in [0.2, 0.25) is 11.4 Å². The molecule has 0 fully saturated rings. The van der Waals surface area contributed by atoms with Crippen molar-refractivity contribution >= 4 is 23.3 Å². The van der Waals surface area contributed by atoms with Crippen LogP contribution in [-0.4, -0.2) is 48.8 Å². The van der Waals surface area contributed by atoms with Crippen LogP contribution in [0.2, 0.25) is 0 Å². The zero-order valence-electron chi connectivity index (χ0n) is 18.9. The van der Waals surface area contributed by atoms with Crippen LogP contribution in [0.4, 0.5) is 11.4 Å². The Hall–Kier alpha value is -4.04. The minimum atomic E-state index is -1.42. The summed E-state index contributed by atoms with van der Waals surface area (Å²) in [4.78, 5) is 24.0. The van der Waals surface area contributed by atoms with Gasteiger partial charge in [0.05, 0.1) is 17.2 Å². The molecule has 3 rings (SSSR count). The van der Waals surface area contributed by atoms with Gasteiger partial charge in [0, 0.05) is 6.07 Å². The molecule has 0 aliphatic carbocycles. The standard InChI is InChI=1S/C24H24N2O10/c27-23(17-7-3-1-4-8-17)35-13-11-33-21-16-22(20(26(31)32)15-19(21)25(29)30)34-12-14-36-24(28)18-9-5-2-6-10-18/h1-10,15-16,25-26,29,31H,11-14H2. The van der Waals surface area contributed by atoms with E-state index >= 15 is 0 Å². The Balaban J connectivity index is 1.61. The van der Waals surface area contributed by atoms with E-state index in [0.717, 1.165) is 12.1 Å². The molecule has 3 aromatic rings. The van der Waals surface area contributed by atoms with E-state index in [2.05, 4.69) is 0 Å². The Morgan fingerprint density at radius 2 is 1.03 bits per heavy atom. The third kappa shape index (κ3) is 7.48. The number of carbonyl (C=O) groups is 2. The molecule has 2 atom stereocenters. The van der Waals surface area contributed by atoms with Crippen molar-refractivity contribution in [2.24, 2.45) is 0 Å². The largest absolute Gasteiger partial charge is 0.595 e. The highest BCUT2D eigenvalue weighted by molar-refractivity contribution is 5.89. The number of hydrogen-bond acceptors (Lipinski definition) is 10. The monoisotopic (exact) mass is 500 g/mol. The fraction of sp³-hybridized carbons (Fsp3) is 0.167. The SMILES string of the molecule is O=C(OCCOc1cc(OCCOC(=O)c2ccccc2)c([NH+]([O-])O)cc1[NH+]([O-])O)c1ccccc1. The zero-order valence-corrected chi connectivity index (χ0v) is 18.9. The fourth-order valence-corrected chi connectivity index (χ4v) is 3.02. The summed E-state index contributed by atoms with van der Waals surface area (Å²) in [5, 5.41) is 39.4. The van der Waals surface area contributed by atoms with E-state index < -0.39 is 33.8 Å². The van der Waals surface area contributed by atoms with Crippen LogP contribution in [0.25, 0.3) is 0 Å². The Bertz CT molecular complexity index is 1050. The Labute approximate surface area is 205 Å². The first-order valence-corrected chi connectivity index (χ1v) is 10.7. The van der Waals surface area contributed by atoms with Crippen LogP contribution in [-0.2, 0) is 9.47 Å². The molecule has 12 heteroatoms. The van der Waals surface area contributed by atoms with Gasteiger partial charge >= 0.3 is 11.9 Å². The van der Waals surface area contributed by atoms with Crippen LogP contribution in [0.5, 0.6) is 11.5 Å². The number of hydrogen-bond donors (Lipinski definition) is 4. The molecule has 2 unspecified atom stereocenters. The topological polar surface area (TPSA) is 167 Å². The summed E-state index contributed by atoms with van der Waals surface area (Å²) >= 11 is 0. The number of rotatable bonds is 12. The fourth-order valence-electron chi connectivity index (χ4n) is 3.02. The number of ether oxygens (including phenoxy) is 4. The highest BCUT2D eigenvalue weighted by Crippen LogP contribution is 2.32. The van der Waals surface area contributed by atoms with Gasteiger partial charge < -0.3 is 29.4 Å². The lowest BCUT2D eigenvalue weighted by Crippen LogP contribution is -3.00. The van der Waals surface area contributed by atoms with Gasteiger partial charge in [-0.05, 0) is 24.3 Å². The van der Waals surface area contributed by atoms with Crippen LogP contribution < -0.4 is 19.9 Å².